The Morgan fingerprint density at radius 1 is 1.32 bits per heavy atom. The Morgan fingerprint density at radius 2 is 2.16 bits per heavy atom. The van der Waals surface area contributed by atoms with E-state index in [1.165, 1.54) is 6.20 Å². The molecule has 0 aliphatic rings. The quantitative estimate of drug-likeness (QED) is 0.787. The van der Waals surface area contributed by atoms with Crippen LogP contribution < -0.4 is 4.90 Å². The van der Waals surface area contributed by atoms with Gasteiger partial charge >= 0.3 is 5.97 Å². The molecule has 5 nitrogen and oxygen atoms in total. The Balaban J connectivity index is 2.16. The molecular weight excluding hydrogens is 242 g/mol. The first kappa shape index (κ1) is 13.0. The van der Waals surface area contributed by atoms with Crippen LogP contribution in [0.2, 0.25) is 0 Å². The van der Waals surface area contributed by atoms with Gasteiger partial charge < -0.3 is 9.64 Å². The molecule has 0 fully saturated rings. The Bertz CT molecular complexity index is 540. The van der Waals surface area contributed by atoms with Crippen molar-refractivity contribution in [3.05, 3.63) is 48.4 Å². The third-order valence-corrected chi connectivity index (χ3v) is 2.64. The van der Waals surface area contributed by atoms with Gasteiger partial charge in [0.2, 0.25) is 0 Å². The predicted molar refractivity (Wildman–Crippen MR) is 72.5 cm³/mol. The Kier molecular flexibility index (Phi) is 4.07. The van der Waals surface area contributed by atoms with E-state index in [-0.39, 0.29) is 5.97 Å². The van der Waals surface area contributed by atoms with E-state index in [1.54, 1.807) is 31.5 Å². The van der Waals surface area contributed by atoms with E-state index in [0.29, 0.717) is 12.2 Å². The van der Waals surface area contributed by atoms with Gasteiger partial charge in [0.05, 0.1) is 24.1 Å². The highest BCUT2D eigenvalue weighted by Gasteiger charge is 2.09. The van der Waals surface area contributed by atoms with E-state index in [1.807, 2.05) is 24.1 Å². The first-order valence-electron chi connectivity index (χ1n) is 5.99. The summed E-state index contributed by atoms with van der Waals surface area (Å²) >= 11 is 0. The molecule has 19 heavy (non-hydrogen) atoms. The lowest BCUT2D eigenvalue weighted by Crippen LogP contribution is -2.12. The number of carbonyl (C=O) groups excluding carboxylic acids is 1. The zero-order chi connectivity index (χ0) is 13.7. The monoisotopic (exact) mass is 257 g/mol. The average molecular weight is 257 g/mol. The predicted octanol–water partition coefficient (Wildman–Crippen LogP) is 2.42. The van der Waals surface area contributed by atoms with Gasteiger partial charge in [-0.05, 0) is 31.2 Å². The van der Waals surface area contributed by atoms with Crippen LogP contribution in [0.15, 0.2) is 42.9 Å². The molecule has 0 radical (unpaired) electrons. The van der Waals surface area contributed by atoms with Crippen LogP contribution in [-0.4, -0.2) is 29.6 Å². The van der Waals surface area contributed by atoms with Crippen molar-refractivity contribution in [3.63, 3.8) is 0 Å². The highest BCUT2D eigenvalue weighted by molar-refractivity contribution is 5.89. The average Bonchev–Trinajstić information content (AvgIpc) is 2.48. The Hall–Kier alpha value is -2.43. The number of pyridine rings is 2. The fraction of sp³-hybridized carbons (Fsp3) is 0.214. The molecule has 0 N–H and O–H groups in total. The van der Waals surface area contributed by atoms with Gasteiger partial charge in [0.1, 0.15) is 5.82 Å². The van der Waals surface area contributed by atoms with Crippen molar-refractivity contribution in [2.24, 2.45) is 0 Å². The van der Waals surface area contributed by atoms with Crippen molar-refractivity contribution in [2.45, 2.75) is 6.92 Å². The second kappa shape index (κ2) is 5.95. The zero-order valence-corrected chi connectivity index (χ0v) is 10.9. The lowest BCUT2D eigenvalue weighted by Gasteiger charge is -2.17. The molecule has 0 amide bonds. The molecule has 0 atom stereocenters. The van der Waals surface area contributed by atoms with Gasteiger partial charge in [-0.3, -0.25) is 4.98 Å². The summed E-state index contributed by atoms with van der Waals surface area (Å²) in [4.78, 5) is 21.7. The Labute approximate surface area is 111 Å². The maximum atomic E-state index is 11.5. The molecule has 0 aliphatic heterocycles. The molecule has 0 saturated carbocycles. The molecule has 2 aromatic heterocycles. The number of hydrogen-bond acceptors (Lipinski definition) is 5. The molecule has 2 rings (SSSR count). The minimum atomic E-state index is -0.356. The minimum absolute atomic E-state index is 0.356. The Morgan fingerprint density at radius 3 is 2.74 bits per heavy atom. The molecule has 0 bridgehead atoms. The summed E-state index contributed by atoms with van der Waals surface area (Å²) in [5.74, 6) is 0.381. The van der Waals surface area contributed by atoms with Gasteiger partial charge in [-0.1, -0.05) is 0 Å². The van der Waals surface area contributed by atoms with Gasteiger partial charge in [-0.15, -0.1) is 0 Å². The topological polar surface area (TPSA) is 55.3 Å². The van der Waals surface area contributed by atoms with E-state index in [2.05, 4.69) is 9.97 Å². The highest BCUT2D eigenvalue weighted by Crippen LogP contribution is 2.20. The van der Waals surface area contributed by atoms with Crippen molar-refractivity contribution in [3.8, 4) is 0 Å². The summed E-state index contributed by atoms with van der Waals surface area (Å²) in [6.45, 7) is 2.13. The van der Waals surface area contributed by atoms with Crippen LogP contribution in [0.5, 0.6) is 0 Å². The maximum Gasteiger partial charge on any atom is 0.339 e. The highest BCUT2D eigenvalue weighted by atomic mass is 16.5. The summed E-state index contributed by atoms with van der Waals surface area (Å²) < 4.78 is 4.91. The van der Waals surface area contributed by atoms with Crippen molar-refractivity contribution in [1.82, 2.24) is 9.97 Å². The summed E-state index contributed by atoms with van der Waals surface area (Å²) in [5.41, 5.74) is 1.38. The van der Waals surface area contributed by atoms with Crippen LogP contribution in [0.4, 0.5) is 11.5 Å². The molecule has 0 aromatic carbocycles. The number of carbonyl (C=O) groups is 1. The molecule has 2 heterocycles. The van der Waals surface area contributed by atoms with Crippen LogP contribution in [0.1, 0.15) is 17.3 Å². The van der Waals surface area contributed by atoms with Crippen molar-refractivity contribution < 1.29 is 9.53 Å². The lowest BCUT2D eigenvalue weighted by atomic mass is 10.3. The number of esters is 1. The third-order valence-electron chi connectivity index (χ3n) is 2.64. The van der Waals surface area contributed by atoms with Crippen LogP contribution in [0.25, 0.3) is 0 Å². The molecule has 0 unspecified atom stereocenters. The summed E-state index contributed by atoms with van der Waals surface area (Å²) in [7, 11) is 1.89. The number of hydrogen-bond donors (Lipinski definition) is 0. The van der Waals surface area contributed by atoms with Crippen LogP contribution in [0, 0.1) is 0 Å². The second-order valence-electron chi connectivity index (χ2n) is 3.90. The van der Waals surface area contributed by atoms with Crippen LogP contribution in [0.3, 0.4) is 0 Å². The minimum Gasteiger partial charge on any atom is -0.462 e. The molecule has 5 heteroatoms. The van der Waals surface area contributed by atoms with E-state index in [4.69, 9.17) is 4.74 Å². The molecule has 0 aliphatic carbocycles. The molecule has 0 saturated heterocycles. The number of ether oxygens (including phenoxy) is 1. The standard InChI is InChI=1S/C14H15N3O2/c1-3-19-14(18)11-6-7-13(16-9-11)17(2)12-5-4-8-15-10-12/h4-10H,3H2,1-2H3. The fourth-order valence-electron chi connectivity index (χ4n) is 1.60. The van der Waals surface area contributed by atoms with Gasteiger partial charge in [0, 0.05) is 19.4 Å². The van der Waals surface area contributed by atoms with Crippen LogP contribution in [-0.2, 0) is 4.74 Å². The lowest BCUT2D eigenvalue weighted by molar-refractivity contribution is 0.0526. The summed E-state index contributed by atoms with van der Waals surface area (Å²) in [6, 6.07) is 7.28. The van der Waals surface area contributed by atoms with Crippen molar-refractivity contribution >= 4 is 17.5 Å². The fourth-order valence-corrected chi connectivity index (χ4v) is 1.60. The molecule has 98 valence electrons. The van der Waals surface area contributed by atoms with E-state index in [0.717, 1.165) is 11.5 Å². The van der Waals surface area contributed by atoms with E-state index >= 15 is 0 Å². The van der Waals surface area contributed by atoms with Gasteiger partial charge in [0.15, 0.2) is 0 Å². The SMILES string of the molecule is CCOC(=O)c1ccc(N(C)c2cccnc2)nc1. The van der Waals surface area contributed by atoms with E-state index in [9.17, 15) is 4.79 Å². The maximum absolute atomic E-state index is 11.5. The largest absolute Gasteiger partial charge is 0.462 e. The molecular formula is C14H15N3O2. The van der Waals surface area contributed by atoms with E-state index < -0.39 is 0 Å². The second-order valence-corrected chi connectivity index (χ2v) is 3.90. The third kappa shape index (κ3) is 3.07. The number of nitrogens with zero attached hydrogens (tertiary/aromatic N) is 3. The van der Waals surface area contributed by atoms with Crippen molar-refractivity contribution in [1.29, 1.82) is 0 Å². The summed E-state index contributed by atoms with van der Waals surface area (Å²) in [6.07, 6.45) is 4.98. The van der Waals surface area contributed by atoms with Gasteiger partial charge in [0.25, 0.3) is 0 Å². The zero-order valence-electron chi connectivity index (χ0n) is 10.9. The van der Waals surface area contributed by atoms with Gasteiger partial charge in [-0.25, -0.2) is 9.78 Å². The van der Waals surface area contributed by atoms with Crippen LogP contribution >= 0.6 is 0 Å². The number of anilines is 2. The molecule has 2 aromatic rings. The normalized spacial score (nSPS) is 10.0. The first-order valence-corrected chi connectivity index (χ1v) is 5.99. The number of aromatic nitrogens is 2. The summed E-state index contributed by atoms with van der Waals surface area (Å²) in [5, 5.41) is 0. The smallest absolute Gasteiger partial charge is 0.339 e. The van der Waals surface area contributed by atoms with Gasteiger partial charge in [-0.2, -0.15) is 0 Å². The first-order chi connectivity index (χ1) is 9.22. The van der Waals surface area contributed by atoms with Crippen molar-refractivity contribution in [2.75, 3.05) is 18.6 Å². The molecule has 0 spiro atoms. The number of rotatable bonds is 4.